The molecule has 1 saturated heterocycles. The summed E-state index contributed by atoms with van der Waals surface area (Å²) >= 11 is 0. The number of hydrogen-bond acceptors (Lipinski definition) is 5. The Bertz CT molecular complexity index is 534. The van der Waals surface area contributed by atoms with E-state index in [1.807, 2.05) is 25.1 Å². The lowest BCUT2D eigenvalue weighted by molar-refractivity contribution is -0.133. The van der Waals surface area contributed by atoms with Crippen LogP contribution in [0.3, 0.4) is 0 Å². The van der Waals surface area contributed by atoms with Crippen LogP contribution in [0.25, 0.3) is 0 Å². The number of benzene rings is 1. The van der Waals surface area contributed by atoms with E-state index in [-0.39, 0.29) is 18.7 Å². The van der Waals surface area contributed by atoms with Gasteiger partial charge in [-0.25, -0.2) is 0 Å². The first kappa shape index (κ1) is 14.2. The highest BCUT2D eigenvalue weighted by Gasteiger charge is 2.31. The number of likely N-dealkylation sites (N-methyl/N-ethyl adjacent to an activating group) is 1. The third-order valence-electron chi connectivity index (χ3n) is 3.91. The molecule has 114 valence electrons. The molecule has 0 aliphatic carbocycles. The number of carbonyl (C=O) groups is 1. The number of rotatable bonds is 4. The summed E-state index contributed by atoms with van der Waals surface area (Å²) in [7, 11) is 0. The molecule has 0 spiro atoms. The molecular formula is C15H20N2O4. The molecule has 1 aromatic carbocycles. The highest BCUT2D eigenvalue weighted by atomic mass is 16.7. The lowest BCUT2D eigenvalue weighted by atomic mass is 10.1. The number of hydrogen-bond donors (Lipinski definition) is 2. The van der Waals surface area contributed by atoms with Gasteiger partial charge >= 0.3 is 0 Å². The Labute approximate surface area is 123 Å². The van der Waals surface area contributed by atoms with Gasteiger partial charge in [0.15, 0.2) is 11.5 Å². The zero-order chi connectivity index (χ0) is 14.8. The van der Waals surface area contributed by atoms with Crippen molar-refractivity contribution in [2.75, 3.05) is 19.9 Å². The molecule has 0 unspecified atom stereocenters. The first-order valence-electron chi connectivity index (χ1n) is 7.26. The number of fused-ring (bicyclic) bond motifs is 1. The Hall–Kier alpha value is -1.79. The maximum atomic E-state index is 12.5. The molecule has 2 aliphatic heterocycles. The fourth-order valence-electron chi connectivity index (χ4n) is 2.73. The van der Waals surface area contributed by atoms with Crippen LogP contribution in [0.4, 0.5) is 0 Å². The molecule has 2 aliphatic rings. The Morgan fingerprint density at radius 3 is 2.95 bits per heavy atom. The fraction of sp³-hybridized carbons (Fsp3) is 0.533. The number of aliphatic hydroxyl groups excluding tert-OH is 1. The molecule has 6 heteroatoms. The van der Waals surface area contributed by atoms with Crippen LogP contribution in [0.15, 0.2) is 18.2 Å². The average Bonchev–Trinajstić information content (AvgIpc) is 3.12. The average molecular weight is 292 g/mol. The second-order valence-electron chi connectivity index (χ2n) is 5.39. The van der Waals surface area contributed by atoms with E-state index >= 15 is 0 Å². The predicted molar refractivity (Wildman–Crippen MR) is 76.1 cm³/mol. The van der Waals surface area contributed by atoms with Crippen LogP contribution in [-0.4, -0.2) is 47.9 Å². The number of amides is 1. The van der Waals surface area contributed by atoms with Gasteiger partial charge in [0.2, 0.25) is 12.7 Å². The lowest BCUT2D eigenvalue weighted by Gasteiger charge is -2.24. The minimum absolute atomic E-state index is 0.0340. The SMILES string of the molecule is CCN(Cc1ccc2c(c1)OCO2)C(=O)[C@@H]1C[C@H](O)CN1. The number of carbonyl (C=O) groups excluding carboxylic acids is 1. The van der Waals surface area contributed by atoms with Crippen molar-refractivity contribution in [2.24, 2.45) is 0 Å². The van der Waals surface area contributed by atoms with Gasteiger partial charge in [-0.15, -0.1) is 0 Å². The van der Waals surface area contributed by atoms with E-state index in [1.54, 1.807) is 4.90 Å². The summed E-state index contributed by atoms with van der Waals surface area (Å²) in [4.78, 5) is 14.2. The molecule has 6 nitrogen and oxygen atoms in total. The van der Waals surface area contributed by atoms with Crippen molar-refractivity contribution in [3.63, 3.8) is 0 Å². The third-order valence-corrected chi connectivity index (χ3v) is 3.91. The van der Waals surface area contributed by atoms with Crippen molar-refractivity contribution in [3.05, 3.63) is 23.8 Å². The maximum Gasteiger partial charge on any atom is 0.240 e. The molecule has 1 fully saturated rings. The van der Waals surface area contributed by atoms with Gasteiger partial charge in [-0.1, -0.05) is 6.07 Å². The molecule has 2 N–H and O–H groups in total. The van der Waals surface area contributed by atoms with Crippen molar-refractivity contribution in [2.45, 2.75) is 32.0 Å². The molecule has 2 heterocycles. The van der Waals surface area contributed by atoms with Gasteiger partial charge in [-0.2, -0.15) is 0 Å². The second-order valence-corrected chi connectivity index (χ2v) is 5.39. The summed E-state index contributed by atoms with van der Waals surface area (Å²) in [5.74, 6) is 1.51. The van der Waals surface area contributed by atoms with Gasteiger partial charge in [0.05, 0.1) is 12.1 Å². The topological polar surface area (TPSA) is 71.0 Å². The van der Waals surface area contributed by atoms with Crippen LogP contribution in [0.1, 0.15) is 18.9 Å². The molecule has 21 heavy (non-hydrogen) atoms. The number of β-amino-alcohol motifs (C(OH)–C–C–N with tert-alkyl or cyclic N) is 1. The highest BCUT2D eigenvalue weighted by Crippen LogP contribution is 2.32. The normalized spacial score (nSPS) is 23.3. The summed E-state index contributed by atoms with van der Waals surface area (Å²) < 4.78 is 10.6. The zero-order valence-electron chi connectivity index (χ0n) is 12.0. The number of nitrogens with one attached hydrogen (secondary N) is 1. The van der Waals surface area contributed by atoms with Crippen molar-refractivity contribution < 1.29 is 19.4 Å². The smallest absolute Gasteiger partial charge is 0.240 e. The van der Waals surface area contributed by atoms with E-state index in [4.69, 9.17) is 9.47 Å². The highest BCUT2D eigenvalue weighted by molar-refractivity contribution is 5.82. The summed E-state index contributed by atoms with van der Waals surface area (Å²) in [6.45, 7) is 3.84. The third kappa shape index (κ3) is 2.96. The van der Waals surface area contributed by atoms with Crippen LogP contribution >= 0.6 is 0 Å². The van der Waals surface area contributed by atoms with Gasteiger partial charge < -0.3 is 24.8 Å². The molecule has 0 radical (unpaired) electrons. The van der Waals surface area contributed by atoms with Gasteiger partial charge in [-0.3, -0.25) is 4.79 Å². The van der Waals surface area contributed by atoms with E-state index in [0.717, 1.165) is 17.1 Å². The van der Waals surface area contributed by atoms with Crippen LogP contribution in [0, 0.1) is 0 Å². The summed E-state index contributed by atoms with van der Waals surface area (Å²) in [6, 6.07) is 5.44. The van der Waals surface area contributed by atoms with Crippen LogP contribution in [-0.2, 0) is 11.3 Å². The van der Waals surface area contributed by atoms with Crippen LogP contribution < -0.4 is 14.8 Å². The van der Waals surface area contributed by atoms with Gasteiger partial charge in [-0.05, 0) is 31.0 Å². The van der Waals surface area contributed by atoms with E-state index in [1.165, 1.54) is 0 Å². The molecule has 1 aromatic rings. The molecule has 1 amide bonds. The molecule has 0 bridgehead atoms. The molecule has 0 saturated carbocycles. The van der Waals surface area contributed by atoms with E-state index in [9.17, 15) is 9.90 Å². The van der Waals surface area contributed by atoms with E-state index in [0.29, 0.717) is 26.1 Å². The summed E-state index contributed by atoms with van der Waals surface area (Å²) in [6.07, 6.45) is 0.0550. The maximum absolute atomic E-state index is 12.5. The van der Waals surface area contributed by atoms with Crippen molar-refractivity contribution in [3.8, 4) is 11.5 Å². The summed E-state index contributed by atoms with van der Waals surface area (Å²) in [5, 5.41) is 12.6. The van der Waals surface area contributed by atoms with E-state index in [2.05, 4.69) is 5.32 Å². The monoisotopic (exact) mass is 292 g/mol. The van der Waals surface area contributed by atoms with Crippen molar-refractivity contribution in [1.82, 2.24) is 10.2 Å². The molecule has 3 rings (SSSR count). The Kier molecular flexibility index (Phi) is 3.98. The van der Waals surface area contributed by atoms with Gasteiger partial charge in [0.25, 0.3) is 0 Å². The van der Waals surface area contributed by atoms with Crippen molar-refractivity contribution >= 4 is 5.91 Å². The number of nitrogens with zero attached hydrogens (tertiary/aromatic N) is 1. The molecule has 2 atom stereocenters. The number of ether oxygens (including phenoxy) is 2. The molecule has 0 aromatic heterocycles. The van der Waals surface area contributed by atoms with Gasteiger partial charge in [0, 0.05) is 19.6 Å². The number of aliphatic hydroxyl groups is 1. The fourth-order valence-corrected chi connectivity index (χ4v) is 2.73. The minimum atomic E-state index is -0.428. The second kappa shape index (κ2) is 5.91. The first-order chi connectivity index (χ1) is 10.2. The molecular weight excluding hydrogens is 272 g/mol. The standard InChI is InChI=1S/C15H20N2O4/c1-2-17(15(19)12-6-11(18)7-16-12)8-10-3-4-13-14(5-10)21-9-20-13/h3-5,11-12,16,18H,2,6-9H2,1H3/t11-,12-/m0/s1. The predicted octanol–water partition coefficient (Wildman–Crippen LogP) is 0.487. The lowest BCUT2D eigenvalue weighted by Crippen LogP contribution is -2.43. The Morgan fingerprint density at radius 1 is 1.43 bits per heavy atom. The Morgan fingerprint density at radius 2 is 2.24 bits per heavy atom. The van der Waals surface area contributed by atoms with Gasteiger partial charge in [0.1, 0.15) is 0 Å². The van der Waals surface area contributed by atoms with Crippen LogP contribution in [0.5, 0.6) is 11.5 Å². The largest absolute Gasteiger partial charge is 0.454 e. The Balaban J connectivity index is 1.68. The zero-order valence-corrected chi connectivity index (χ0v) is 12.0. The quantitative estimate of drug-likeness (QED) is 0.845. The van der Waals surface area contributed by atoms with E-state index < -0.39 is 6.10 Å². The summed E-state index contributed by atoms with van der Waals surface area (Å²) in [5.41, 5.74) is 1.01. The minimum Gasteiger partial charge on any atom is -0.454 e. The van der Waals surface area contributed by atoms with Crippen LogP contribution in [0.2, 0.25) is 0 Å². The van der Waals surface area contributed by atoms with Crippen molar-refractivity contribution in [1.29, 1.82) is 0 Å². The first-order valence-corrected chi connectivity index (χ1v) is 7.26.